The number of thiol groups is 1. The molecule has 78 valence electrons. The van der Waals surface area contributed by atoms with Crippen molar-refractivity contribution in [3.8, 4) is 0 Å². The summed E-state index contributed by atoms with van der Waals surface area (Å²) in [7, 11) is 0. The topological polar surface area (TPSA) is 12.9 Å². The molecule has 0 aromatic carbocycles. The van der Waals surface area contributed by atoms with E-state index in [1.807, 2.05) is 11.3 Å². The molecule has 1 aliphatic rings. The van der Waals surface area contributed by atoms with Gasteiger partial charge in [0, 0.05) is 17.7 Å². The van der Waals surface area contributed by atoms with Crippen LogP contribution in [0.5, 0.6) is 0 Å². The summed E-state index contributed by atoms with van der Waals surface area (Å²) in [4.78, 5) is 4.71. The maximum Gasteiger partial charge on any atom is 0.0928 e. The molecule has 1 fully saturated rings. The highest BCUT2D eigenvalue weighted by Crippen LogP contribution is 2.34. The fourth-order valence-corrected chi connectivity index (χ4v) is 3.16. The first kappa shape index (κ1) is 10.5. The van der Waals surface area contributed by atoms with Crippen LogP contribution in [0.3, 0.4) is 0 Å². The van der Waals surface area contributed by atoms with Crippen LogP contribution in [0.25, 0.3) is 0 Å². The van der Waals surface area contributed by atoms with Crippen LogP contribution in [0.2, 0.25) is 0 Å². The Morgan fingerprint density at radius 2 is 2.21 bits per heavy atom. The Morgan fingerprint density at radius 3 is 2.93 bits per heavy atom. The van der Waals surface area contributed by atoms with E-state index in [1.54, 1.807) is 0 Å². The predicted molar refractivity (Wildman–Crippen MR) is 65.5 cm³/mol. The lowest BCUT2D eigenvalue weighted by Gasteiger charge is -2.02. The first-order chi connectivity index (χ1) is 6.90. The van der Waals surface area contributed by atoms with Crippen LogP contribution in [0.1, 0.15) is 48.7 Å². The Kier molecular flexibility index (Phi) is 3.88. The smallest absolute Gasteiger partial charge is 0.0928 e. The molecule has 2 rings (SSSR count). The molecule has 1 aromatic rings. The van der Waals surface area contributed by atoms with E-state index in [9.17, 15) is 0 Å². The molecule has 1 aromatic heterocycles. The summed E-state index contributed by atoms with van der Waals surface area (Å²) in [6, 6.07) is 0. The Morgan fingerprint density at radius 1 is 1.43 bits per heavy atom. The van der Waals surface area contributed by atoms with Crippen molar-refractivity contribution >= 4 is 24.0 Å². The van der Waals surface area contributed by atoms with Gasteiger partial charge >= 0.3 is 0 Å². The summed E-state index contributed by atoms with van der Waals surface area (Å²) in [6.07, 6.45) is 7.77. The monoisotopic (exact) mass is 227 g/mol. The molecule has 3 heteroatoms. The van der Waals surface area contributed by atoms with Gasteiger partial charge in [-0.3, -0.25) is 0 Å². The number of aryl methyl sites for hydroxylation is 1. The molecule has 0 radical (unpaired) electrons. The third-order valence-electron chi connectivity index (χ3n) is 2.89. The van der Waals surface area contributed by atoms with Crippen LogP contribution in [0.15, 0.2) is 5.38 Å². The highest BCUT2D eigenvalue weighted by molar-refractivity contribution is 7.80. The highest BCUT2D eigenvalue weighted by Gasteiger charge is 2.19. The standard InChI is InChI=1S/C11H17NS2/c13-7-3-6-11-12-10(8-14-11)9-4-1-2-5-9/h8-9,13H,1-7H2. The van der Waals surface area contributed by atoms with E-state index in [0.29, 0.717) is 0 Å². The molecule has 0 N–H and O–H groups in total. The molecular formula is C11H17NS2. The van der Waals surface area contributed by atoms with Gasteiger partial charge in [-0.05, 0) is 25.0 Å². The Bertz CT molecular complexity index is 277. The zero-order chi connectivity index (χ0) is 9.80. The number of hydrogen-bond donors (Lipinski definition) is 1. The van der Waals surface area contributed by atoms with E-state index in [-0.39, 0.29) is 0 Å². The number of hydrogen-bond acceptors (Lipinski definition) is 3. The molecule has 14 heavy (non-hydrogen) atoms. The first-order valence-electron chi connectivity index (χ1n) is 5.45. The Balaban J connectivity index is 1.94. The van der Waals surface area contributed by atoms with Gasteiger partial charge in [0.1, 0.15) is 0 Å². The molecule has 1 nitrogen and oxygen atoms in total. The third kappa shape index (κ3) is 2.51. The molecule has 0 unspecified atom stereocenters. The van der Waals surface area contributed by atoms with Gasteiger partial charge in [-0.15, -0.1) is 11.3 Å². The molecule has 1 saturated carbocycles. The minimum Gasteiger partial charge on any atom is -0.246 e. The van der Waals surface area contributed by atoms with Gasteiger partial charge in [-0.2, -0.15) is 12.6 Å². The second-order valence-corrected chi connectivity index (χ2v) is 5.36. The molecule has 0 saturated heterocycles. The van der Waals surface area contributed by atoms with Crippen molar-refractivity contribution in [1.29, 1.82) is 0 Å². The summed E-state index contributed by atoms with van der Waals surface area (Å²) >= 11 is 6.05. The molecule has 0 atom stereocenters. The van der Waals surface area contributed by atoms with Crippen molar-refractivity contribution in [1.82, 2.24) is 4.98 Å². The fourth-order valence-electron chi connectivity index (χ4n) is 2.08. The van der Waals surface area contributed by atoms with Crippen LogP contribution in [0.4, 0.5) is 0 Å². The molecule has 1 heterocycles. The summed E-state index contributed by atoms with van der Waals surface area (Å²) in [5, 5.41) is 3.57. The minimum absolute atomic E-state index is 0.774. The normalized spacial score (nSPS) is 17.8. The van der Waals surface area contributed by atoms with Crippen LogP contribution >= 0.6 is 24.0 Å². The lowest BCUT2D eigenvalue weighted by Crippen LogP contribution is -1.93. The van der Waals surface area contributed by atoms with Crippen LogP contribution in [0, 0.1) is 0 Å². The van der Waals surface area contributed by atoms with Crippen LogP contribution in [-0.2, 0) is 6.42 Å². The maximum atomic E-state index is 4.71. The average molecular weight is 227 g/mol. The van der Waals surface area contributed by atoms with Crippen LogP contribution < -0.4 is 0 Å². The van der Waals surface area contributed by atoms with Gasteiger partial charge < -0.3 is 0 Å². The summed E-state index contributed by atoms with van der Waals surface area (Å²) < 4.78 is 0. The van der Waals surface area contributed by atoms with Gasteiger partial charge in [0.15, 0.2) is 0 Å². The lowest BCUT2D eigenvalue weighted by atomic mass is 10.1. The second-order valence-electron chi connectivity index (χ2n) is 3.97. The van der Waals surface area contributed by atoms with Crippen molar-refractivity contribution in [3.63, 3.8) is 0 Å². The van der Waals surface area contributed by atoms with Gasteiger partial charge in [0.25, 0.3) is 0 Å². The van der Waals surface area contributed by atoms with Gasteiger partial charge in [-0.1, -0.05) is 12.8 Å². The second kappa shape index (κ2) is 5.17. The van der Waals surface area contributed by atoms with Gasteiger partial charge in [-0.25, -0.2) is 4.98 Å². The van der Waals surface area contributed by atoms with E-state index in [0.717, 1.165) is 24.5 Å². The van der Waals surface area contributed by atoms with Crippen LogP contribution in [-0.4, -0.2) is 10.7 Å². The van der Waals surface area contributed by atoms with Crippen molar-refractivity contribution < 1.29 is 0 Å². The van der Waals surface area contributed by atoms with E-state index in [1.165, 1.54) is 36.4 Å². The maximum absolute atomic E-state index is 4.71. The summed E-state index contributed by atoms with van der Waals surface area (Å²) in [6.45, 7) is 0. The fraction of sp³-hybridized carbons (Fsp3) is 0.727. The summed E-state index contributed by atoms with van der Waals surface area (Å²) in [5.74, 6) is 1.74. The van der Waals surface area contributed by atoms with Crippen molar-refractivity contribution in [2.24, 2.45) is 0 Å². The number of nitrogens with zero attached hydrogens (tertiary/aromatic N) is 1. The predicted octanol–water partition coefficient (Wildman–Crippen LogP) is 3.66. The molecule has 0 spiro atoms. The van der Waals surface area contributed by atoms with E-state index < -0.39 is 0 Å². The minimum atomic E-state index is 0.774. The summed E-state index contributed by atoms with van der Waals surface area (Å²) in [5.41, 5.74) is 1.36. The molecule has 0 amide bonds. The highest BCUT2D eigenvalue weighted by atomic mass is 32.1. The third-order valence-corrected chi connectivity index (χ3v) is 4.13. The molecule has 0 bridgehead atoms. The van der Waals surface area contributed by atoms with E-state index in [2.05, 4.69) is 18.0 Å². The number of aromatic nitrogens is 1. The van der Waals surface area contributed by atoms with Gasteiger partial charge in [0.05, 0.1) is 10.7 Å². The van der Waals surface area contributed by atoms with Crippen molar-refractivity contribution in [2.75, 3.05) is 5.75 Å². The number of thiazole rings is 1. The van der Waals surface area contributed by atoms with Gasteiger partial charge in [0.2, 0.25) is 0 Å². The Labute approximate surface area is 95.4 Å². The Hall–Kier alpha value is -0.0200. The largest absolute Gasteiger partial charge is 0.246 e. The number of rotatable bonds is 4. The molecular weight excluding hydrogens is 210 g/mol. The van der Waals surface area contributed by atoms with Crippen molar-refractivity contribution in [2.45, 2.75) is 44.4 Å². The zero-order valence-corrected chi connectivity index (χ0v) is 10.1. The molecule has 0 aliphatic heterocycles. The van der Waals surface area contributed by atoms with Crippen molar-refractivity contribution in [3.05, 3.63) is 16.1 Å². The zero-order valence-electron chi connectivity index (χ0n) is 8.41. The molecule has 1 aliphatic carbocycles. The first-order valence-corrected chi connectivity index (χ1v) is 6.96. The lowest BCUT2D eigenvalue weighted by molar-refractivity contribution is 0.698. The van der Waals surface area contributed by atoms with E-state index >= 15 is 0 Å². The van der Waals surface area contributed by atoms with E-state index in [4.69, 9.17) is 4.98 Å². The average Bonchev–Trinajstić information content (AvgIpc) is 2.85. The SMILES string of the molecule is SCCCc1nc(C2CCCC2)cs1. The quantitative estimate of drug-likeness (QED) is 0.775.